The average molecular weight is 217 g/mol. The molecular formula is C11H23NO3. The van der Waals surface area contributed by atoms with Crippen molar-refractivity contribution in [2.45, 2.75) is 33.1 Å². The highest BCUT2D eigenvalue weighted by molar-refractivity contribution is 5.75. The highest BCUT2D eigenvalue weighted by Gasteiger charge is 2.18. The molecule has 0 aromatic heterocycles. The summed E-state index contributed by atoms with van der Waals surface area (Å²) in [5.74, 6) is 0.00884. The summed E-state index contributed by atoms with van der Waals surface area (Å²) in [6.07, 6.45) is 1.85. The molecule has 0 aliphatic rings. The largest absolute Gasteiger partial charge is 0.396 e. The fourth-order valence-corrected chi connectivity index (χ4v) is 1.13. The van der Waals surface area contributed by atoms with Gasteiger partial charge in [0.1, 0.15) is 0 Å². The van der Waals surface area contributed by atoms with Crippen molar-refractivity contribution in [3.05, 3.63) is 0 Å². The van der Waals surface area contributed by atoms with Crippen LogP contribution in [0.15, 0.2) is 0 Å². The molecule has 0 bridgehead atoms. The van der Waals surface area contributed by atoms with Crippen molar-refractivity contribution >= 4 is 5.91 Å². The van der Waals surface area contributed by atoms with E-state index in [1.807, 2.05) is 0 Å². The molecule has 0 aliphatic carbocycles. The molecule has 0 fully saturated rings. The van der Waals surface area contributed by atoms with Crippen LogP contribution in [0.2, 0.25) is 0 Å². The Bertz CT molecular complexity index is 181. The third kappa shape index (κ3) is 8.39. The number of methoxy groups -OCH3 is 1. The molecule has 2 N–H and O–H groups in total. The van der Waals surface area contributed by atoms with Crippen LogP contribution in [0, 0.1) is 5.41 Å². The Morgan fingerprint density at radius 3 is 2.67 bits per heavy atom. The summed E-state index contributed by atoms with van der Waals surface area (Å²) in [4.78, 5) is 11.3. The van der Waals surface area contributed by atoms with Crippen LogP contribution in [-0.4, -0.2) is 37.9 Å². The van der Waals surface area contributed by atoms with E-state index in [0.29, 0.717) is 26.0 Å². The van der Waals surface area contributed by atoms with Crippen LogP contribution in [0.4, 0.5) is 0 Å². The SMILES string of the molecule is COCCC(C)(C)CNC(=O)CCCO. The van der Waals surface area contributed by atoms with Gasteiger partial charge >= 0.3 is 0 Å². The highest BCUT2D eigenvalue weighted by Crippen LogP contribution is 2.18. The number of hydrogen-bond donors (Lipinski definition) is 2. The Morgan fingerprint density at radius 2 is 2.13 bits per heavy atom. The van der Waals surface area contributed by atoms with Crippen LogP contribution in [0.25, 0.3) is 0 Å². The van der Waals surface area contributed by atoms with Crippen molar-refractivity contribution in [1.29, 1.82) is 0 Å². The normalized spacial score (nSPS) is 11.5. The minimum Gasteiger partial charge on any atom is -0.396 e. The van der Waals surface area contributed by atoms with E-state index in [2.05, 4.69) is 19.2 Å². The lowest BCUT2D eigenvalue weighted by atomic mass is 9.89. The van der Waals surface area contributed by atoms with Crippen molar-refractivity contribution in [1.82, 2.24) is 5.32 Å². The number of hydrogen-bond acceptors (Lipinski definition) is 3. The van der Waals surface area contributed by atoms with Gasteiger partial charge in [0.15, 0.2) is 0 Å². The topological polar surface area (TPSA) is 58.6 Å². The molecule has 0 rings (SSSR count). The second-order valence-corrected chi connectivity index (χ2v) is 4.51. The zero-order valence-electron chi connectivity index (χ0n) is 10.0. The molecule has 0 aromatic carbocycles. The van der Waals surface area contributed by atoms with Gasteiger partial charge in [-0.1, -0.05) is 13.8 Å². The fourth-order valence-electron chi connectivity index (χ4n) is 1.13. The maximum atomic E-state index is 11.3. The van der Waals surface area contributed by atoms with Crippen molar-refractivity contribution in [2.24, 2.45) is 5.41 Å². The predicted octanol–water partition coefficient (Wildman–Crippen LogP) is 0.938. The first-order chi connectivity index (χ1) is 7.02. The summed E-state index contributed by atoms with van der Waals surface area (Å²) in [5, 5.41) is 11.4. The van der Waals surface area contributed by atoms with E-state index >= 15 is 0 Å². The third-order valence-electron chi connectivity index (χ3n) is 2.31. The van der Waals surface area contributed by atoms with Crippen LogP contribution in [0.5, 0.6) is 0 Å². The lowest BCUT2D eigenvalue weighted by molar-refractivity contribution is -0.121. The molecule has 90 valence electrons. The van der Waals surface area contributed by atoms with Crippen molar-refractivity contribution < 1.29 is 14.6 Å². The lowest BCUT2D eigenvalue weighted by Crippen LogP contribution is -2.34. The van der Waals surface area contributed by atoms with Gasteiger partial charge in [0, 0.05) is 33.3 Å². The zero-order valence-corrected chi connectivity index (χ0v) is 10.0. The number of aliphatic hydroxyl groups is 1. The van der Waals surface area contributed by atoms with E-state index in [0.717, 1.165) is 6.42 Å². The minimum atomic E-state index is 0.00884. The molecule has 0 radical (unpaired) electrons. The first kappa shape index (κ1) is 14.4. The van der Waals surface area contributed by atoms with E-state index in [1.165, 1.54) is 0 Å². The second-order valence-electron chi connectivity index (χ2n) is 4.51. The molecule has 15 heavy (non-hydrogen) atoms. The summed E-state index contributed by atoms with van der Waals surface area (Å²) < 4.78 is 5.00. The van der Waals surface area contributed by atoms with E-state index in [4.69, 9.17) is 9.84 Å². The first-order valence-electron chi connectivity index (χ1n) is 5.38. The first-order valence-corrected chi connectivity index (χ1v) is 5.38. The number of aliphatic hydroxyl groups excluding tert-OH is 1. The summed E-state index contributed by atoms with van der Waals surface area (Å²) in [7, 11) is 1.68. The molecule has 0 spiro atoms. The predicted molar refractivity (Wildman–Crippen MR) is 59.6 cm³/mol. The molecule has 0 atom stereocenters. The standard InChI is InChI=1S/C11H23NO3/c1-11(2,6-8-15-3)9-12-10(14)5-4-7-13/h13H,4-9H2,1-3H3,(H,12,14). The third-order valence-corrected chi connectivity index (χ3v) is 2.31. The number of carbonyl (C=O) groups is 1. The zero-order chi connectivity index (χ0) is 11.7. The van der Waals surface area contributed by atoms with Crippen LogP contribution in [-0.2, 0) is 9.53 Å². The van der Waals surface area contributed by atoms with Gasteiger partial charge < -0.3 is 15.2 Å². The van der Waals surface area contributed by atoms with Crippen LogP contribution in [0.1, 0.15) is 33.1 Å². The number of ether oxygens (including phenoxy) is 1. The van der Waals surface area contributed by atoms with E-state index < -0.39 is 0 Å². The lowest BCUT2D eigenvalue weighted by Gasteiger charge is -2.24. The number of carbonyl (C=O) groups excluding carboxylic acids is 1. The van der Waals surface area contributed by atoms with E-state index in [-0.39, 0.29) is 17.9 Å². The van der Waals surface area contributed by atoms with Crippen molar-refractivity contribution in [3.8, 4) is 0 Å². The fraction of sp³-hybridized carbons (Fsp3) is 0.909. The Hall–Kier alpha value is -0.610. The maximum absolute atomic E-state index is 11.3. The number of amides is 1. The van der Waals surface area contributed by atoms with Gasteiger partial charge in [0.2, 0.25) is 5.91 Å². The molecule has 0 saturated carbocycles. The van der Waals surface area contributed by atoms with Gasteiger partial charge in [-0.25, -0.2) is 0 Å². The van der Waals surface area contributed by atoms with Crippen molar-refractivity contribution in [3.63, 3.8) is 0 Å². The summed E-state index contributed by atoms with van der Waals surface area (Å²) in [6, 6.07) is 0. The molecule has 4 heteroatoms. The molecular weight excluding hydrogens is 194 g/mol. The molecule has 1 amide bonds. The van der Waals surface area contributed by atoms with Crippen LogP contribution in [0.3, 0.4) is 0 Å². The monoisotopic (exact) mass is 217 g/mol. The van der Waals surface area contributed by atoms with Gasteiger partial charge in [0.05, 0.1) is 0 Å². The Morgan fingerprint density at radius 1 is 1.47 bits per heavy atom. The highest BCUT2D eigenvalue weighted by atomic mass is 16.5. The smallest absolute Gasteiger partial charge is 0.220 e. The van der Waals surface area contributed by atoms with Gasteiger partial charge in [-0.05, 0) is 18.3 Å². The quantitative estimate of drug-likeness (QED) is 0.636. The van der Waals surface area contributed by atoms with E-state index in [1.54, 1.807) is 7.11 Å². The van der Waals surface area contributed by atoms with Gasteiger partial charge in [-0.3, -0.25) is 4.79 Å². The second kappa shape index (κ2) is 7.65. The van der Waals surface area contributed by atoms with Gasteiger partial charge in [-0.2, -0.15) is 0 Å². The van der Waals surface area contributed by atoms with E-state index in [9.17, 15) is 4.79 Å². The molecule has 0 aromatic rings. The van der Waals surface area contributed by atoms with Gasteiger partial charge in [0.25, 0.3) is 0 Å². The van der Waals surface area contributed by atoms with Crippen LogP contribution < -0.4 is 5.32 Å². The Labute approximate surface area is 92.0 Å². The molecule has 0 saturated heterocycles. The molecule has 4 nitrogen and oxygen atoms in total. The summed E-state index contributed by atoms with van der Waals surface area (Å²) >= 11 is 0. The molecule has 0 aliphatic heterocycles. The average Bonchev–Trinajstić information content (AvgIpc) is 2.21. The molecule has 0 heterocycles. The number of rotatable bonds is 8. The van der Waals surface area contributed by atoms with Crippen molar-refractivity contribution in [2.75, 3.05) is 26.9 Å². The van der Waals surface area contributed by atoms with Gasteiger partial charge in [-0.15, -0.1) is 0 Å². The summed E-state index contributed by atoms with van der Waals surface area (Å²) in [5.41, 5.74) is 0.0604. The molecule has 0 unspecified atom stereocenters. The maximum Gasteiger partial charge on any atom is 0.220 e. The Balaban J connectivity index is 3.67. The Kier molecular flexibility index (Phi) is 7.34. The number of nitrogens with one attached hydrogen (secondary N) is 1. The van der Waals surface area contributed by atoms with Crippen LogP contribution >= 0.6 is 0 Å². The minimum absolute atomic E-state index is 0.00884. The summed E-state index contributed by atoms with van der Waals surface area (Å²) in [6.45, 7) is 5.62.